The van der Waals surface area contributed by atoms with Gasteiger partial charge in [0.15, 0.2) is 5.96 Å². The van der Waals surface area contributed by atoms with Crippen LogP contribution in [0.15, 0.2) is 4.99 Å². The van der Waals surface area contributed by atoms with Crippen LogP contribution in [0.25, 0.3) is 0 Å². The summed E-state index contributed by atoms with van der Waals surface area (Å²) in [5.74, 6) is 1.05. The summed E-state index contributed by atoms with van der Waals surface area (Å²) < 4.78 is 0. The molecule has 20 heavy (non-hydrogen) atoms. The summed E-state index contributed by atoms with van der Waals surface area (Å²) in [6.07, 6.45) is 6.47. The zero-order valence-corrected chi connectivity index (χ0v) is 13.4. The van der Waals surface area contributed by atoms with Crippen LogP contribution in [0.4, 0.5) is 0 Å². The average Bonchev–Trinajstić information content (AvgIpc) is 2.88. The maximum Gasteiger partial charge on any atom is 0.193 e. The normalized spacial score (nSPS) is 24.6. The monoisotopic (exact) mass is 281 g/mol. The molecule has 1 saturated carbocycles. The second-order valence-electron chi connectivity index (χ2n) is 7.02. The molecule has 1 atom stereocenters. The minimum Gasteiger partial charge on any atom is -0.396 e. The number of likely N-dealkylation sites (tertiary alicyclic amines) is 1. The van der Waals surface area contributed by atoms with Crippen LogP contribution in [0.3, 0.4) is 0 Å². The molecule has 0 bridgehead atoms. The van der Waals surface area contributed by atoms with Gasteiger partial charge < -0.3 is 15.3 Å². The van der Waals surface area contributed by atoms with Gasteiger partial charge in [-0.15, -0.1) is 0 Å². The Hall–Kier alpha value is -0.770. The number of aliphatic hydroxyl groups excluding tert-OH is 1. The maximum atomic E-state index is 9.52. The number of guanidine groups is 1. The molecule has 0 amide bonds. The first-order chi connectivity index (χ1) is 9.56. The van der Waals surface area contributed by atoms with Gasteiger partial charge in [0.2, 0.25) is 0 Å². The molecular formula is C16H31N3O. The van der Waals surface area contributed by atoms with Crippen molar-refractivity contribution < 1.29 is 5.11 Å². The number of rotatable bonds is 5. The Kier molecular flexibility index (Phi) is 4.95. The molecule has 2 aliphatic rings. The van der Waals surface area contributed by atoms with Crippen molar-refractivity contribution in [3.05, 3.63) is 0 Å². The Morgan fingerprint density at radius 1 is 1.35 bits per heavy atom. The molecule has 0 radical (unpaired) electrons. The summed E-state index contributed by atoms with van der Waals surface area (Å²) in [7, 11) is 0. The van der Waals surface area contributed by atoms with Gasteiger partial charge in [0.05, 0.1) is 13.2 Å². The predicted molar refractivity (Wildman–Crippen MR) is 83.9 cm³/mol. The molecule has 1 aliphatic heterocycles. The minimum atomic E-state index is -0.0887. The first kappa shape index (κ1) is 15.6. The molecule has 116 valence electrons. The quantitative estimate of drug-likeness (QED) is 0.600. The van der Waals surface area contributed by atoms with Crippen LogP contribution in [0, 0.1) is 10.8 Å². The van der Waals surface area contributed by atoms with Gasteiger partial charge >= 0.3 is 0 Å². The molecule has 1 aliphatic carbocycles. The molecule has 2 rings (SSSR count). The third-order valence-electron chi connectivity index (χ3n) is 5.33. The van der Waals surface area contributed by atoms with E-state index in [9.17, 15) is 5.11 Å². The lowest BCUT2D eigenvalue weighted by Gasteiger charge is -2.38. The molecule has 1 spiro atoms. The molecule has 0 aromatic heterocycles. The van der Waals surface area contributed by atoms with Gasteiger partial charge in [-0.2, -0.15) is 0 Å². The molecule has 4 heteroatoms. The Bertz CT molecular complexity index is 346. The van der Waals surface area contributed by atoms with Crippen LogP contribution in [0.5, 0.6) is 0 Å². The Morgan fingerprint density at radius 3 is 2.55 bits per heavy atom. The fourth-order valence-electron chi connectivity index (χ4n) is 3.17. The highest BCUT2D eigenvalue weighted by atomic mass is 16.3. The first-order valence-corrected chi connectivity index (χ1v) is 8.20. The third kappa shape index (κ3) is 3.27. The summed E-state index contributed by atoms with van der Waals surface area (Å²) in [5.41, 5.74) is 0.510. The first-order valence-electron chi connectivity index (χ1n) is 8.20. The zero-order valence-electron chi connectivity index (χ0n) is 13.4. The van der Waals surface area contributed by atoms with E-state index in [4.69, 9.17) is 4.99 Å². The second-order valence-corrected chi connectivity index (χ2v) is 7.02. The number of nitrogens with zero attached hydrogens (tertiary/aromatic N) is 2. The van der Waals surface area contributed by atoms with E-state index in [1.54, 1.807) is 0 Å². The zero-order chi connectivity index (χ0) is 14.6. The van der Waals surface area contributed by atoms with Gasteiger partial charge in [0, 0.05) is 25.0 Å². The van der Waals surface area contributed by atoms with Crippen molar-refractivity contribution in [1.82, 2.24) is 10.2 Å². The summed E-state index contributed by atoms with van der Waals surface area (Å²) in [4.78, 5) is 7.23. The maximum absolute atomic E-state index is 9.52. The highest BCUT2D eigenvalue weighted by molar-refractivity contribution is 5.80. The van der Waals surface area contributed by atoms with Gasteiger partial charge in [-0.05, 0) is 38.0 Å². The van der Waals surface area contributed by atoms with Gasteiger partial charge in [-0.25, -0.2) is 0 Å². The molecule has 1 saturated heterocycles. The van der Waals surface area contributed by atoms with E-state index in [1.165, 1.54) is 32.2 Å². The average molecular weight is 281 g/mol. The number of hydrogen-bond acceptors (Lipinski definition) is 2. The number of nitrogens with one attached hydrogen (secondary N) is 1. The smallest absolute Gasteiger partial charge is 0.193 e. The molecule has 1 heterocycles. The number of aliphatic imine (C=N–C) groups is 1. The molecule has 0 aromatic rings. The predicted octanol–water partition coefficient (Wildman–Crippen LogP) is 2.24. The molecule has 0 aromatic carbocycles. The van der Waals surface area contributed by atoms with Crippen molar-refractivity contribution in [2.45, 2.75) is 52.9 Å². The SMILES string of the molecule is CCNC(=NCC(C)(CC)CO)N1CCC2(CCC2)C1. The van der Waals surface area contributed by atoms with Crippen LogP contribution in [-0.2, 0) is 0 Å². The minimum absolute atomic E-state index is 0.0887. The van der Waals surface area contributed by atoms with E-state index in [-0.39, 0.29) is 12.0 Å². The van der Waals surface area contributed by atoms with Gasteiger partial charge in [0.1, 0.15) is 0 Å². The van der Waals surface area contributed by atoms with E-state index < -0.39 is 0 Å². The lowest BCUT2D eigenvalue weighted by Crippen LogP contribution is -2.43. The Balaban J connectivity index is 1.99. The molecule has 4 nitrogen and oxygen atoms in total. The fraction of sp³-hybridized carbons (Fsp3) is 0.938. The van der Waals surface area contributed by atoms with E-state index in [0.717, 1.165) is 25.5 Å². The van der Waals surface area contributed by atoms with Crippen LogP contribution in [0.2, 0.25) is 0 Å². The number of aliphatic hydroxyl groups is 1. The molecule has 2 fully saturated rings. The highest BCUT2D eigenvalue weighted by Gasteiger charge is 2.43. The number of hydrogen-bond donors (Lipinski definition) is 2. The standard InChI is InChI=1S/C16H31N3O/c1-4-15(3,13-20)11-18-14(17-5-2)19-10-9-16(12-19)7-6-8-16/h20H,4-13H2,1-3H3,(H,17,18). The largest absolute Gasteiger partial charge is 0.396 e. The summed E-state index contributed by atoms with van der Waals surface area (Å²) in [6, 6.07) is 0. The van der Waals surface area contributed by atoms with E-state index in [0.29, 0.717) is 12.0 Å². The Morgan fingerprint density at radius 2 is 2.10 bits per heavy atom. The third-order valence-corrected chi connectivity index (χ3v) is 5.33. The lowest BCUT2D eigenvalue weighted by molar-refractivity contribution is 0.144. The van der Waals surface area contributed by atoms with Crippen molar-refractivity contribution >= 4 is 5.96 Å². The van der Waals surface area contributed by atoms with Crippen molar-refractivity contribution in [3.8, 4) is 0 Å². The molecular weight excluding hydrogens is 250 g/mol. The van der Waals surface area contributed by atoms with Crippen LogP contribution in [0.1, 0.15) is 52.9 Å². The van der Waals surface area contributed by atoms with Crippen molar-refractivity contribution in [3.63, 3.8) is 0 Å². The van der Waals surface area contributed by atoms with Crippen LogP contribution in [-0.4, -0.2) is 48.8 Å². The van der Waals surface area contributed by atoms with Crippen molar-refractivity contribution in [2.75, 3.05) is 32.8 Å². The molecule has 2 N–H and O–H groups in total. The highest BCUT2D eigenvalue weighted by Crippen LogP contribution is 2.47. The van der Waals surface area contributed by atoms with Gasteiger partial charge in [-0.3, -0.25) is 4.99 Å². The van der Waals surface area contributed by atoms with E-state index in [1.807, 2.05) is 0 Å². The second kappa shape index (κ2) is 6.33. The fourth-order valence-corrected chi connectivity index (χ4v) is 3.17. The Labute approximate surface area is 123 Å². The van der Waals surface area contributed by atoms with Crippen molar-refractivity contribution in [2.24, 2.45) is 15.8 Å². The topological polar surface area (TPSA) is 47.9 Å². The van der Waals surface area contributed by atoms with Gasteiger partial charge in [0.25, 0.3) is 0 Å². The lowest BCUT2D eigenvalue weighted by atomic mass is 9.68. The summed E-state index contributed by atoms with van der Waals surface area (Å²) in [6.45, 7) is 10.5. The van der Waals surface area contributed by atoms with Crippen LogP contribution < -0.4 is 5.32 Å². The molecule has 1 unspecified atom stereocenters. The van der Waals surface area contributed by atoms with Gasteiger partial charge in [-0.1, -0.05) is 20.3 Å². The summed E-state index contributed by atoms with van der Waals surface area (Å²) >= 11 is 0. The van der Waals surface area contributed by atoms with Crippen molar-refractivity contribution in [1.29, 1.82) is 0 Å². The van der Waals surface area contributed by atoms with E-state index >= 15 is 0 Å². The van der Waals surface area contributed by atoms with E-state index in [2.05, 4.69) is 31.0 Å². The summed E-state index contributed by atoms with van der Waals surface area (Å²) in [5, 5.41) is 12.9. The van der Waals surface area contributed by atoms with Crippen LogP contribution >= 0.6 is 0 Å².